The molecule has 0 aromatic carbocycles. The van der Waals surface area contributed by atoms with Gasteiger partial charge in [0.2, 0.25) is 0 Å². The molecule has 0 aliphatic heterocycles. The Morgan fingerprint density at radius 3 is 2.47 bits per heavy atom. The second kappa shape index (κ2) is 7.09. The number of nitrogens with one attached hydrogen (secondary N) is 1. The molecule has 0 aliphatic carbocycles. The molecular formula is C16H31N3. The first-order chi connectivity index (χ1) is 8.86. The first-order valence-corrected chi connectivity index (χ1v) is 7.61. The second-order valence-electron chi connectivity index (χ2n) is 6.75. The van der Waals surface area contributed by atoms with Crippen molar-refractivity contribution in [1.29, 1.82) is 0 Å². The third-order valence-electron chi connectivity index (χ3n) is 3.76. The Bertz CT molecular complexity index is 368. The van der Waals surface area contributed by atoms with Crippen LogP contribution < -0.4 is 5.32 Å². The molecule has 0 saturated carbocycles. The minimum atomic E-state index is 0.297. The lowest BCUT2D eigenvalue weighted by atomic mass is 9.82. The zero-order valence-corrected chi connectivity index (χ0v) is 13.5. The van der Waals surface area contributed by atoms with Gasteiger partial charge in [-0.1, -0.05) is 27.7 Å². The Labute approximate surface area is 118 Å². The largest absolute Gasteiger partial charge is 0.316 e. The molecule has 19 heavy (non-hydrogen) atoms. The van der Waals surface area contributed by atoms with Crippen LogP contribution >= 0.6 is 0 Å². The highest BCUT2D eigenvalue weighted by Crippen LogP contribution is 2.25. The van der Waals surface area contributed by atoms with Gasteiger partial charge in [0.15, 0.2) is 0 Å². The highest BCUT2D eigenvalue weighted by atomic mass is 15.3. The highest BCUT2D eigenvalue weighted by molar-refractivity contribution is 5.03. The van der Waals surface area contributed by atoms with Crippen molar-refractivity contribution < 1.29 is 0 Å². The predicted octanol–water partition coefficient (Wildman–Crippen LogP) is 3.67. The molecule has 1 unspecified atom stereocenters. The van der Waals surface area contributed by atoms with Crippen molar-refractivity contribution in [3.63, 3.8) is 0 Å². The Morgan fingerprint density at radius 1 is 1.32 bits per heavy atom. The summed E-state index contributed by atoms with van der Waals surface area (Å²) in [5.74, 6) is 0.709. The molecule has 3 heteroatoms. The van der Waals surface area contributed by atoms with Crippen LogP contribution in [0.25, 0.3) is 0 Å². The van der Waals surface area contributed by atoms with Crippen molar-refractivity contribution in [1.82, 2.24) is 15.1 Å². The molecule has 0 aliphatic rings. The molecule has 0 fully saturated rings. The molecule has 0 saturated heterocycles. The smallest absolute Gasteiger partial charge is 0.0630 e. The van der Waals surface area contributed by atoms with Crippen molar-refractivity contribution in [2.45, 2.75) is 60.4 Å². The Morgan fingerprint density at radius 2 is 2.00 bits per heavy atom. The molecule has 1 atom stereocenters. The van der Waals surface area contributed by atoms with Gasteiger partial charge in [-0.05, 0) is 50.6 Å². The van der Waals surface area contributed by atoms with E-state index in [0.717, 1.165) is 19.5 Å². The molecule has 0 radical (unpaired) electrons. The molecule has 1 aromatic heterocycles. The molecule has 1 N–H and O–H groups in total. The summed E-state index contributed by atoms with van der Waals surface area (Å²) in [6.07, 6.45) is 4.32. The minimum absolute atomic E-state index is 0.297. The average molecular weight is 265 g/mol. The van der Waals surface area contributed by atoms with E-state index in [0.29, 0.717) is 17.4 Å². The Kier molecular flexibility index (Phi) is 6.05. The minimum Gasteiger partial charge on any atom is -0.316 e. The van der Waals surface area contributed by atoms with Gasteiger partial charge in [-0.25, -0.2) is 0 Å². The lowest BCUT2D eigenvalue weighted by Gasteiger charge is -2.28. The van der Waals surface area contributed by atoms with Gasteiger partial charge in [-0.3, -0.25) is 4.68 Å². The van der Waals surface area contributed by atoms with E-state index in [2.05, 4.69) is 64.2 Å². The predicted molar refractivity (Wildman–Crippen MR) is 82.4 cm³/mol. The van der Waals surface area contributed by atoms with Crippen LogP contribution in [0.1, 0.15) is 59.7 Å². The summed E-state index contributed by atoms with van der Waals surface area (Å²) in [7, 11) is 0. The van der Waals surface area contributed by atoms with Gasteiger partial charge in [-0.15, -0.1) is 0 Å². The Balaban J connectivity index is 2.58. The Hall–Kier alpha value is -0.830. The molecular weight excluding hydrogens is 234 g/mol. The van der Waals surface area contributed by atoms with Crippen molar-refractivity contribution >= 4 is 0 Å². The van der Waals surface area contributed by atoms with E-state index in [1.54, 1.807) is 0 Å². The fourth-order valence-corrected chi connectivity index (χ4v) is 2.17. The summed E-state index contributed by atoms with van der Waals surface area (Å²) in [4.78, 5) is 0. The SMILES string of the molecule is CCC(C)(CNCC(C)C)Cc1ccn(C(C)C)n1. The quantitative estimate of drug-likeness (QED) is 0.777. The standard InChI is InChI=1S/C16H31N3/c1-7-16(6,12-17-11-13(2)3)10-15-8-9-19(18-15)14(4)5/h8-9,13-14,17H,7,10-12H2,1-6H3. The second-order valence-corrected chi connectivity index (χ2v) is 6.75. The fraction of sp³-hybridized carbons (Fsp3) is 0.812. The maximum absolute atomic E-state index is 4.67. The van der Waals surface area contributed by atoms with Crippen LogP contribution in [-0.2, 0) is 6.42 Å². The van der Waals surface area contributed by atoms with Gasteiger partial charge in [0, 0.05) is 18.8 Å². The molecule has 1 aromatic rings. The van der Waals surface area contributed by atoms with E-state index in [9.17, 15) is 0 Å². The monoisotopic (exact) mass is 265 g/mol. The van der Waals surface area contributed by atoms with E-state index in [1.165, 1.54) is 12.1 Å². The number of hydrogen-bond donors (Lipinski definition) is 1. The fourth-order valence-electron chi connectivity index (χ4n) is 2.17. The van der Waals surface area contributed by atoms with Crippen LogP contribution in [0.3, 0.4) is 0 Å². The van der Waals surface area contributed by atoms with Crippen LogP contribution in [0.5, 0.6) is 0 Å². The van der Waals surface area contributed by atoms with E-state index in [-0.39, 0.29) is 0 Å². The van der Waals surface area contributed by atoms with E-state index in [1.807, 2.05) is 4.68 Å². The number of nitrogens with zero attached hydrogens (tertiary/aromatic N) is 2. The first kappa shape index (κ1) is 16.2. The lowest BCUT2D eigenvalue weighted by Crippen LogP contribution is -2.35. The van der Waals surface area contributed by atoms with Crippen LogP contribution in [0.2, 0.25) is 0 Å². The first-order valence-electron chi connectivity index (χ1n) is 7.61. The van der Waals surface area contributed by atoms with Crippen molar-refractivity contribution in [3.05, 3.63) is 18.0 Å². The van der Waals surface area contributed by atoms with Crippen LogP contribution in [0.15, 0.2) is 12.3 Å². The molecule has 3 nitrogen and oxygen atoms in total. The number of aromatic nitrogens is 2. The normalized spacial score (nSPS) is 15.2. The summed E-state index contributed by atoms with van der Waals surface area (Å²) in [5.41, 5.74) is 1.51. The molecule has 110 valence electrons. The van der Waals surface area contributed by atoms with E-state index >= 15 is 0 Å². The van der Waals surface area contributed by atoms with Crippen LogP contribution in [0, 0.1) is 11.3 Å². The third kappa shape index (κ3) is 5.35. The van der Waals surface area contributed by atoms with Gasteiger partial charge in [-0.2, -0.15) is 5.10 Å². The topological polar surface area (TPSA) is 29.9 Å². The maximum atomic E-state index is 4.67. The summed E-state index contributed by atoms with van der Waals surface area (Å²) >= 11 is 0. The van der Waals surface area contributed by atoms with Crippen molar-refractivity contribution in [2.24, 2.45) is 11.3 Å². The molecule has 1 rings (SSSR count). The van der Waals surface area contributed by atoms with Crippen molar-refractivity contribution in [2.75, 3.05) is 13.1 Å². The summed E-state index contributed by atoms with van der Waals surface area (Å²) < 4.78 is 2.05. The van der Waals surface area contributed by atoms with E-state index in [4.69, 9.17) is 0 Å². The van der Waals surface area contributed by atoms with Gasteiger partial charge in [0.05, 0.1) is 5.69 Å². The molecule has 0 bridgehead atoms. The van der Waals surface area contributed by atoms with Gasteiger partial charge < -0.3 is 5.32 Å². The summed E-state index contributed by atoms with van der Waals surface area (Å²) in [5, 5.41) is 8.27. The zero-order chi connectivity index (χ0) is 14.5. The molecule has 0 amide bonds. The number of hydrogen-bond acceptors (Lipinski definition) is 2. The lowest BCUT2D eigenvalue weighted by molar-refractivity contribution is 0.281. The van der Waals surface area contributed by atoms with Gasteiger partial charge in [0.25, 0.3) is 0 Å². The molecule has 0 spiro atoms. The summed E-state index contributed by atoms with van der Waals surface area (Å²) in [6, 6.07) is 2.61. The zero-order valence-electron chi connectivity index (χ0n) is 13.5. The maximum Gasteiger partial charge on any atom is 0.0630 e. The van der Waals surface area contributed by atoms with E-state index < -0.39 is 0 Å². The molecule has 1 heterocycles. The number of rotatable bonds is 8. The van der Waals surface area contributed by atoms with Gasteiger partial charge >= 0.3 is 0 Å². The van der Waals surface area contributed by atoms with Crippen LogP contribution in [-0.4, -0.2) is 22.9 Å². The summed E-state index contributed by atoms with van der Waals surface area (Å²) in [6.45, 7) is 15.6. The highest BCUT2D eigenvalue weighted by Gasteiger charge is 2.23. The van der Waals surface area contributed by atoms with Gasteiger partial charge in [0.1, 0.15) is 0 Å². The third-order valence-corrected chi connectivity index (χ3v) is 3.76. The van der Waals surface area contributed by atoms with Crippen LogP contribution in [0.4, 0.5) is 0 Å². The van der Waals surface area contributed by atoms with Crippen molar-refractivity contribution in [3.8, 4) is 0 Å². The average Bonchev–Trinajstić information content (AvgIpc) is 2.77.